The molecule has 2 aromatic rings. The van der Waals surface area contributed by atoms with Crippen LogP contribution in [0.1, 0.15) is 4.88 Å². The lowest BCUT2D eigenvalue weighted by molar-refractivity contribution is 0.235. The highest BCUT2D eigenvalue weighted by Crippen LogP contribution is 2.25. The summed E-state index contributed by atoms with van der Waals surface area (Å²) in [7, 11) is 0. The fraction of sp³-hybridized carbons (Fsp3) is 0.385. The van der Waals surface area contributed by atoms with Gasteiger partial charge < -0.3 is 5.32 Å². The molecule has 0 aliphatic carbocycles. The van der Waals surface area contributed by atoms with Gasteiger partial charge in [0.05, 0.1) is 0 Å². The molecular formula is C13H16N4S. The van der Waals surface area contributed by atoms with Crippen LogP contribution in [0.4, 0.5) is 0 Å². The predicted octanol–water partition coefficient (Wildman–Crippen LogP) is 1.61. The molecule has 4 nitrogen and oxygen atoms in total. The summed E-state index contributed by atoms with van der Waals surface area (Å²) < 4.78 is 0. The summed E-state index contributed by atoms with van der Waals surface area (Å²) in [5, 5.41) is 4.43. The molecule has 0 radical (unpaired) electrons. The first-order valence-electron chi connectivity index (χ1n) is 6.20. The number of pyridine rings is 1. The third-order valence-corrected chi connectivity index (χ3v) is 4.08. The van der Waals surface area contributed by atoms with Crippen molar-refractivity contribution in [1.29, 1.82) is 0 Å². The summed E-state index contributed by atoms with van der Waals surface area (Å²) in [5.74, 6) is 0. The molecular weight excluding hydrogens is 244 g/mol. The molecule has 3 heterocycles. The van der Waals surface area contributed by atoms with Gasteiger partial charge >= 0.3 is 0 Å². The normalized spacial score (nSPS) is 16.9. The lowest BCUT2D eigenvalue weighted by Gasteiger charge is -2.26. The van der Waals surface area contributed by atoms with E-state index >= 15 is 0 Å². The molecule has 5 heteroatoms. The van der Waals surface area contributed by atoms with Crippen molar-refractivity contribution in [2.24, 2.45) is 0 Å². The van der Waals surface area contributed by atoms with Crippen LogP contribution in [-0.2, 0) is 6.54 Å². The van der Waals surface area contributed by atoms with E-state index in [1.807, 2.05) is 18.5 Å². The van der Waals surface area contributed by atoms with Crippen LogP contribution in [0, 0.1) is 0 Å². The minimum absolute atomic E-state index is 1.01. The predicted molar refractivity (Wildman–Crippen MR) is 73.5 cm³/mol. The van der Waals surface area contributed by atoms with Crippen molar-refractivity contribution in [2.45, 2.75) is 6.54 Å². The Morgan fingerprint density at radius 3 is 2.94 bits per heavy atom. The van der Waals surface area contributed by atoms with Gasteiger partial charge in [-0.25, -0.2) is 4.98 Å². The van der Waals surface area contributed by atoms with Crippen molar-refractivity contribution in [3.05, 3.63) is 35.6 Å². The van der Waals surface area contributed by atoms with Gasteiger partial charge in [-0.1, -0.05) is 0 Å². The van der Waals surface area contributed by atoms with E-state index in [2.05, 4.69) is 26.3 Å². The van der Waals surface area contributed by atoms with Crippen molar-refractivity contribution in [1.82, 2.24) is 20.2 Å². The number of thiazole rings is 1. The zero-order chi connectivity index (χ0) is 12.2. The molecule has 94 valence electrons. The fourth-order valence-electron chi connectivity index (χ4n) is 2.09. The minimum atomic E-state index is 1.01. The number of aromatic nitrogens is 2. The Bertz CT molecular complexity index is 491. The van der Waals surface area contributed by atoms with Gasteiger partial charge in [-0.05, 0) is 12.1 Å². The minimum Gasteiger partial charge on any atom is -0.314 e. The number of hydrogen-bond donors (Lipinski definition) is 1. The van der Waals surface area contributed by atoms with E-state index in [-0.39, 0.29) is 0 Å². The third kappa shape index (κ3) is 2.75. The van der Waals surface area contributed by atoms with Crippen LogP contribution in [0.3, 0.4) is 0 Å². The number of nitrogens with zero attached hydrogens (tertiary/aromatic N) is 3. The molecule has 0 spiro atoms. The van der Waals surface area contributed by atoms with Gasteiger partial charge in [-0.3, -0.25) is 9.88 Å². The van der Waals surface area contributed by atoms with E-state index < -0.39 is 0 Å². The van der Waals surface area contributed by atoms with Gasteiger partial charge in [0.15, 0.2) is 0 Å². The molecule has 2 aromatic heterocycles. The maximum atomic E-state index is 4.49. The quantitative estimate of drug-likeness (QED) is 0.910. The molecule has 1 saturated heterocycles. The van der Waals surface area contributed by atoms with Crippen LogP contribution in [0.25, 0.3) is 10.6 Å². The average molecular weight is 260 g/mol. The Hall–Kier alpha value is -1.30. The summed E-state index contributed by atoms with van der Waals surface area (Å²) >= 11 is 1.77. The summed E-state index contributed by atoms with van der Waals surface area (Å²) in [6.45, 7) is 5.45. The van der Waals surface area contributed by atoms with Crippen molar-refractivity contribution >= 4 is 11.3 Å². The van der Waals surface area contributed by atoms with E-state index in [1.165, 1.54) is 4.88 Å². The van der Waals surface area contributed by atoms with Crippen molar-refractivity contribution in [3.8, 4) is 10.6 Å². The van der Waals surface area contributed by atoms with Crippen LogP contribution in [0.2, 0.25) is 0 Å². The zero-order valence-corrected chi connectivity index (χ0v) is 11.0. The third-order valence-electron chi connectivity index (χ3n) is 3.05. The second kappa shape index (κ2) is 5.56. The summed E-state index contributed by atoms with van der Waals surface area (Å²) in [5.41, 5.74) is 1.11. The first-order valence-corrected chi connectivity index (χ1v) is 7.01. The maximum Gasteiger partial charge on any atom is 0.125 e. The van der Waals surface area contributed by atoms with Crippen molar-refractivity contribution < 1.29 is 0 Å². The highest BCUT2D eigenvalue weighted by molar-refractivity contribution is 7.15. The smallest absolute Gasteiger partial charge is 0.125 e. The zero-order valence-electron chi connectivity index (χ0n) is 10.2. The highest BCUT2D eigenvalue weighted by Gasteiger charge is 2.12. The largest absolute Gasteiger partial charge is 0.314 e. The molecule has 1 aliphatic heterocycles. The molecule has 3 rings (SSSR count). The van der Waals surface area contributed by atoms with Crippen LogP contribution in [-0.4, -0.2) is 41.0 Å². The van der Waals surface area contributed by atoms with Crippen LogP contribution in [0.15, 0.2) is 30.7 Å². The Morgan fingerprint density at radius 2 is 2.17 bits per heavy atom. The first-order chi connectivity index (χ1) is 8.92. The summed E-state index contributed by atoms with van der Waals surface area (Å²) in [6.07, 6.45) is 5.65. The summed E-state index contributed by atoms with van der Waals surface area (Å²) in [6, 6.07) is 4.01. The lowest BCUT2D eigenvalue weighted by Crippen LogP contribution is -2.42. The molecule has 0 aromatic carbocycles. The van der Waals surface area contributed by atoms with Crippen LogP contribution >= 0.6 is 11.3 Å². The molecule has 0 saturated carbocycles. The van der Waals surface area contributed by atoms with E-state index in [4.69, 9.17) is 0 Å². The molecule has 1 aliphatic rings. The monoisotopic (exact) mass is 260 g/mol. The Kier molecular flexibility index (Phi) is 3.64. The first kappa shape index (κ1) is 11.8. The SMILES string of the molecule is c1cncc(-c2ncc(CN3CCNCC3)s2)c1. The van der Waals surface area contributed by atoms with Gasteiger partial charge in [0.1, 0.15) is 5.01 Å². The topological polar surface area (TPSA) is 41.1 Å². The van der Waals surface area contributed by atoms with Crippen LogP contribution < -0.4 is 5.32 Å². The average Bonchev–Trinajstić information content (AvgIpc) is 2.89. The second-order valence-electron chi connectivity index (χ2n) is 4.40. The van der Waals surface area contributed by atoms with E-state index in [9.17, 15) is 0 Å². The van der Waals surface area contributed by atoms with Gasteiger partial charge in [0, 0.05) is 61.8 Å². The highest BCUT2D eigenvalue weighted by atomic mass is 32.1. The molecule has 0 atom stereocenters. The molecule has 0 bridgehead atoms. The van der Waals surface area contributed by atoms with Crippen molar-refractivity contribution in [3.63, 3.8) is 0 Å². The van der Waals surface area contributed by atoms with E-state index in [0.717, 1.165) is 43.3 Å². The molecule has 0 unspecified atom stereocenters. The van der Waals surface area contributed by atoms with E-state index in [0.29, 0.717) is 0 Å². The Balaban J connectivity index is 1.69. The molecule has 1 fully saturated rings. The van der Waals surface area contributed by atoms with Crippen LogP contribution in [0.5, 0.6) is 0 Å². The molecule has 18 heavy (non-hydrogen) atoms. The Morgan fingerprint density at radius 1 is 1.28 bits per heavy atom. The van der Waals surface area contributed by atoms with Gasteiger partial charge in [0.2, 0.25) is 0 Å². The van der Waals surface area contributed by atoms with Gasteiger partial charge in [-0.15, -0.1) is 11.3 Å². The van der Waals surface area contributed by atoms with Gasteiger partial charge in [-0.2, -0.15) is 0 Å². The standard InChI is InChI=1S/C13H16N4S/c1-2-11(8-15-3-1)13-16-9-12(18-13)10-17-6-4-14-5-7-17/h1-3,8-9,14H,4-7,10H2. The fourth-order valence-corrected chi connectivity index (χ4v) is 3.04. The lowest BCUT2D eigenvalue weighted by atomic mass is 10.3. The number of nitrogens with one attached hydrogen (secondary N) is 1. The summed E-state index contributed by atoms with van der Waals surface area (Å²) in [4.78, 5) is 12.4. The number of rotatable bonds is 3. The van der Waals surface area contributed by atoms with E-state index in [1.54, 1.807) is 17.5 Å². The van der Waals surface area contributed by atoms with Gasteiger partial charge in [0.25, 0.3) is 0 Å². The van der Waals surface area contributed by atoms with Crippen molar-refractivity contribution in [2.75, 3.05) is 26.2 Å². The maximum absolute atomic E-state index is 4.49. The molecule has 0 amide bonds. The number of piperazine rings is 1. The Labute approximate surface area is 111 Å². The second-order valence-corrected chi connectivity index (χ2v) is 5.51. The molecule has 1 N–H and O–H groups in total. The number of hydrogen-bond acceptors (Lipinski definition) is 5.